The molecule has 6 nitrogen and oxygen atoms in total. The standard InChI is InChI=1S/C18H22N4O2/c1-3-14-6-4-5-7-15(14)20-18-19-13(2)12-16(21-18)17(23)22-8-10-24-11-9-22/h4-7,12H,3,8-11H2,1-2H3,(H,19,20,21). The van der Waals surface area contributed by atoms with Crippen molar-refractivity contribution < 1.29 is 9.53 Å². The summed E-state index contributed by atoms with van der Waals surface area (Å²) >= 11 is 0. The fraction of sp³-hybridized carbons (Fsp3) is 0.389. The lowest BCUT2D eigenvalue weighted by molar-refractivity contribution is 0.0299. The zero-order chi connectivity index (χ0) is 16.9. The van der Waals surface area contributed by atoms with Gasteiger partial charge in [-0.15, -0.1) is 0 Å². The van der Waals surface area contributed by atoms with Crippen LogP contribution in [0.25, 0.3) is 0 Å². The summed E-state index contributed by atoms with van der Waals surface area (Å²) in [5.74, 6) is 0.378. The first-order valence-corrected chi connectivity index (χ1v) is 8.25. The smallest absolute Gasteiger partial charge is 0.272 e. The van der Waals surface area contributed by atoms with Crippen molar-refractivity contribution in [2.45, 2.75) is 20.3 Å². The number of carbonyl (C=O) groups excluding carboxylic acids is 1. The summed E-state index contributed by atoms with van der Waals surface area (Å²) in [6, 6.07) is 9.77. The molecule has 6 heteroatoms. The van der Waals surface area contributed by atoms with Gasteiger partial charge in [-0.1, -0.05) is 25.1 Å². The number of rotatable bonds is 4. The maximum Gasteiger partial charge on any atom is 0.272 e. The topological polar surface area (TPSA) is 67.4 Å². The Morgan fingerprint density at radius 2 is 2.00 bits per heavy atom. The van der Waals surface area contributed by atoms with Crippen LogP contribution in [0.4, 0.5) is 11.6 Å². The number of ether oxygens (including phenoxy) is 1. The van der Waals surface area contributed by atoms with Crippen LogP contribution in [-0.2, 0) is 11.2 Å². The molecule has 1 aliphatic rings. The van der Waals surface area contributed by atoms with Gasteiger partial charge in [-0.3, -0.25) is 4.79 Å². The van der Waals surface area contributed by atoms with Gasteiger partial charge in [0.2, 0.25) is 5.95 Å². The number of nitrogens with zero attached hydrogens (tertiary/aromatic N) is 3. The minimum absolute atomic E-state index is 0.0735. The van der Waals surface area contributed by atoms with E-state index in [0.717, 1.165) is 17.8 Å². The van der Waals surface area contributed by atoms with Crippen molar-refractivity contribution in [3.63, 3.8) is 0 Å². The van der Waals surface area contributed by atoms with E-state index in [1.165, 1.54) is 5.56 Å². The van der Waals surface area contributed by atoms with Gasteiger partial charge in [0.25, 0.3) is 5.91 Å². The molecule has 24 heavy (non-hydrogen) atoms. The molecular weight excluding hydrogens is 304 g/mol. The lowest BCUT2D eigenvalue weighted by atomic mass is 10.1. The molecule has 3 rings (SSSR count). The van der Waals surface area contributed by atoms with Gasteiger partial charge >= 0.3 is 0 Å². The summed E-state index contributed by atoms with van der Waals surface area (Å²) in [6.07, 6.45) is 0.911. The Morgan fingerprint density at radius 1 is 1.25 bits per heavy atom. The molecule has 1 fully saturated rings. The van der Waals surface area contributed by atoms with E-state index < -0.39 is 0 Å². The van der Waals surface area contributed by atoms with Gasteiger partial charge in [0, 0.05) is 24.5 Å². The van der Waals surface area contributed by atoms with Crippen LogP contribution in [0.2, 0.25) is 0 Å². The summed E-state index contributed by atoms with van der Waals surface area (Å²) in [4.78, 5) is 23.2. The van der Waals surface area contributed by atoms with E-state index in [1.54, 1.807) is 11.0 Å². The molecule has 0 radical (unpaired) electrons. The summed E-state index contributed by atoms with van der Waals surface area (Å²) in [6.45, 7) is 6.32. The molecule has 0 saturated carbocycles. The van der Waals surface area contributed by atoms with Crippen LogP contribution >= 0.6 is 0 Å². The zero-order valence-electron chi connectivity index (χ0n) is 14.1. The molecule has 1 N–H and O–H groups in total. The van der Waals surface area contributed by atoms with Gasteiger partial charge in [0.15, 0.2) is 0 Å². The number of aryl methyl sites for hydroxylation is 2. The van der Waals surface area contributed by atoms with Gasteiger partial charge < -0.3 is 15.0 Å². The first-order chi connectivity index (χ1) is 11.7. The van der Waals surface area contributed by atoms with Gasteiger partial charge in [-0.25, -0.2) is 9.97 Å². The Balaban J connectivity index is 1.84. The number of anilines is 2. The quantitative estimate of drug-likeness (QED) is 0.935. The average Bonchev–Trinajstić information content (AvgIpc) is 2.62. The minimum atomic E-state index is -0.0735. The van der Waals surface area contributed by atoms with E-state index in [0.29, 0.717) is 37.9 Å². The van der Waals surface area contributed by atoms with E-state index in [1.807, 2.05) is 25.1 Å². The molecule has 0 spiro atoms. The number of carbonyl (C=O) groups is 1. The van der Waals surface area contributed by atoms with Crippen molar-refractivity contribution >= 4 is 17.5 Å². The van der Waals surface area contributed by atoms with Gasteiger partial charge in [-0.2, -0.15) is 0 Å². The van der Waals surface area contributed by atoms with Crippen molar-refractivity contribution in [1.29, 1.82) is 0 Å². The molecule has 0 atom stereocenters. The van der Waals surface area contributed by atoms with E-state index in [2.05, 4.69) is 28.3 Å². The van der Waals surface area contributed by atoms with Crippen LogP contribution in [-0.4, -0.2) is 47.1 Å². The number of benzene rings is 1. The number of hydrogen-bond acceptors (Lipinski definition) is 5. The third kappa shape index (κ3) is 3.71. The van der Waals surface area contributed by atoms with Crippen molar-refractivity contribution in [3.05, 3.63) is 47.3 Å². The largest absolute Gasteiger partial charge is 0.378 e. The molecule has 0 bridgehead atoms. The lowest BCUT2D eigenvalue weighted by Crippen LogP contribution is -2.41. The number of morpholine rings is 1. The number of aromatic nitrogens is 2. The summed E-state index contributed by atoms with van der Waals surface area (Å²) in [7, 11) is 0. The van der Waals surface area contributed by atoms with Crippen LogP contribution < -0.4 is 5.32 Å². The van der Waals surface area contributed by atoms with Crippen molar-refractivity contribution in [1.82, 2.24) is 14.9 Å². The van der Waals surface area contributed by atoms with E-state index in [9.17, 15) is 4.79 Å². The number of hydrogen-bond donors (Lipinski definition) is 1. The summed E-state index contributed by atoms with van der Waals surface area (Å²) < 4.78 is 5.30. The van der Waals surface area contributed by atoms with Crippen molar-refractivity contribution in [3.8, 4) is 0 Å². The molecule has 1 saturated heterocycles. The number of amides is 1. The molecule has 2 heterocycles. The summed E-state index contributed by atoms with van der Waals surface area (Å²) in [5.41, 5.74) is 3.33. The molecule has 0 aliphatic carbocycles. The second-order valence-electron chi connectivity index (χ2n) is 5.76. The van der Waals surface area contributed by atoms with Crippen molar-refractivity contribution in [2.24, 2.45) is 0 Å². The van der Waals surface area contributed by atoms with Crippen LogP contribution in [0.1, 0.15) is 28.7 Å². The average molecular weight is 326 g/mol. The third-order valence-electron chi connectivity index (χ3n) is 4.02. The minimum Gasteiger partial charge on any atom is -0.378 e. The first kappa shape index (κ1) is 16.4. The van der Waals surface area contributed by atoms with E-state index in [4.69, 9.17) is 4.74 Å². The molecule has 1 aliphatic heterocycles. The molecule has 2 aromatic rings. The maximum absolute atomic E-state index is 12.6. The predicted octanol–water partition coefficient (Wildman–Crippen LogP) is 2.56. The fourth-order valence-electron chi connectivity index (χ4n) is 2.73. The third-order valence-corrected chi connectivity index (χ3v) is 4.02. The highest BCUT2D eigenvalue weighted by atomic mass is 16.5. The Kier molecular flexibility index (Phi) is 5.05. The molecule has 1 aromatic carbocycles. The second kappa shape index (κ2) is 7.40. The predicted molar refractivity (Wildman–Crippen MR) is 92.6 cm³/mol. The Labute approximate surface area is 141 Å². The van der Waals surface area contributed by atoms with Crippen LogP contribution in [0.5, 0.6) is 0 Å². The van der Waals surface area contributed by atoms with Crippen LogP contribution in [0, 0.1) is 6.92 Å². The number of para-hydroxylation sites is 1. The lowest BCUT2D eigenvalue weighted by Gasteiger charge is -2.26. The van der Waals surface area contributed by atoms with Crippen LogP contribution in [0.15, 0.2) is 30.3 Å². The normalized spacial score (nSPS) is 14.5. The molecule has 126 valence electrons. The SMILES string of the molecule is CCc1ccccc1Nc1nc(C)cc(C(=O)N2CCOCC2)n1. The van der Waals surface area contributed by atoms with E-state index >= 15 is 0 Å². The maximum atomic E-state index is 12.6. The zero-order valence-corrected chi connectivity index (χ0v) is 14.1. The van der Waals surface area contributed by atoms with Gasteiger partial charge in [0.1, 0.15) is 5.69 Å². The van der Waals surface area contributed by atoms with E-state index in [-0.39, 0.29) is 5.91 Å². The number of nitrogens with one attached hydrogen (secondary N) is 1. The Bertz CT molecular complexity index is 727. The summed E-state index contributed by atoms with van der Waals surface area (Å²) in [5, 5.41) is 3.24. The highest BCUT2D eigenvalue weighted by molar-refractivity contribution is 5.92. The fourth-order valence-corrected chi connectivity index (χ4v) is 2.73. The van der Waals surface area contributed by atoms with Crippen molar-refractivity contribution in [2.75, 3.05) is 31.6 Å². The molecule has 0 unspecified atom stereocenters. The molecular formula is C18H22N4O2. The van der Waals surface area contributed by atoms with Gasteiger partial charge in [0.05, 0.1) is 13.2 Å². The van der Waals surface area contributed by atoms with Crippen LogP contribution in [0.3, 0.4) is 0 Å². The Hall–Kier alpha value is -2.47. The highest BCUT2D eigenvalue weighted by Crippen LogP contribution is 2.20. The van der Waals surface area contributed by atoms with Gasteiger partial charge in [-0.05, 0) is 31.0 Å². The second-order valence-corrected chi connectivity index (χ2v) is 5.76. The Morgan fingerprint density at radius 3 is 2.75 bits per heavy atom. The molecule has 1 aromatic heterocycles. The first-order valence-electron chi connectivity index (χ1n) is 8.25. The molecule has 1 amide bonds. The highest BCUT2D eigenvalue weighted by Gasteiger charge is 2.20. The monoisotopic (exact) mass is 326 g/mol.